The summed E-state index contributed by atoms with van der Waals surface area (Å²) in [6.07, 6.45) is 4.50. The Balaban J connectivity index is 2.51. The van der Waals surface area contributed by atoms with Gasteiger partial charge in [0.1, 0.15) is 0 Å². The molecule has 2 nitrogen and oxygen atoms in total. The van der Waals surface area contributed by atoms with Gasteiger partial charge < -0.3 is 5.11 Å². The van der Waals surface area contributed by atoms with Gasteiger partial charge in [-0.05, 0) is 24.0 Å². The molecule has 11 heavy (non-hydrogen) atoms. The van der Waals surface area contributed by atoms with E-state index in [1.807, 2.05) is 25.3 Å². The molecular weight excluding hydrogens is 138 g/mol. The van der Waals surface area contributed by atoms with Crippen LogP contribution in [0.15, 0.2) is 24.5 Å². The lowest BCUT2D eigenvalue weighted by Crippen LogP contribution is -2.04. The number of rotatable bonds is 3. The van der Waals surface area contributed by atoms with Crippen LogP contribution in [0.25, 0.3) is 0 Å². The van der Waals surface area contributed by atoms with Gasteiger partial charge in [-0.1, -0.05) is 13.0 Å². The third kappa shape index (κ3) is 2.68. The SMILES string of the molecule is CC(CO)Cc1cccnc1. The van der Waals surface area contributed by atoms with E-state index in [0.717, 1.165) is 6.42 Å². The lowest BCUT2D eigenvalue weighted by atomic mass is 10.0. The summed E-state index contributed by atoms with van der Waals surface area (Å²) in [6.45, 7) is 2.27. The monoisotopic (exact) mass is 151 g/mol. The highest BCUT2D eigenvalue weighted by Gasteiger charge is 2.00. The van der Waals surface area contributed by atoms with Gasteiger partial charge in [-0.25, -0.2) is 0 Å². The van der Waals surface area contributed by atoms with Crippen molar-refractivity contribution in [2.45, 2.75) is 13.3 Å². The minimum atomic E-state index is 0.245. The summed E-state index contributed by atoms with van der Waals surface area (Å²) in [5.41, 5.74) is 1.19. The summed E-state index contributed by atoms with van der Waals surface area (Å²) in [5.74, 6) is 0.333. The molecule has 1 unspecified atom stereocenters. The van der Waals surface area contributed by atoms with Crippen LogP contribution in [0, 0.1) is 5.92 Å². The van der Waals surface area contributed by atoms with Crippen molar-refractivity contribution >= 4 is 0 Å². The predicted molar refractivity (Wildman–Crippen MR) is 44.2 cm³/mol. The van der Waals surface area contributed by atoms with Crippen LogP contribution in [0.4, 0.5) is 0 Å². The summed E-state index contributed by atoms with van der Waals surface area (Å²) >= 11 is 0. The molecule has 1 heterocycles. The molecule has 0 saturated carbocycles. The van der Waals surface area contributed by atoms with Crippen molar-refractivity contribution in [2.75, 3.05) is 6.61 Å². The summed E-state index contributed by atoms with van der Waals surface area (Å²) in [4.78, 5) is 3.99. The van der Waals surface area contributed by atoms with Gasteiger partial charge in [0, 0.05) is 19.0 Å². The first-order valence-corrected chi connectivity index (χ1v) is 3.82. The molecule has 0 radical (unpaired) electrons. The molecule has 0 aromatic carbocycles. The van der Waals surface area contributed by atoms with Gasteiger partial charge in [0.25, 0.3) is 0 Å². The average Bonchev–Trinajstić information content (AvgIpc) is 2.06. The molecule has 1 atom stereocenters. The smallest absolute Gasteiger partial charge is 0.0459 e. The van der Waals surface area contributed by atoms with E-state index in [-0.39, 0.29) is 6.61 Å². The van der Waals surface area contributed by atoms with Crippen LogP contribution in [0.1, 0.15) is 12.5 Å². The molecule has 0 aliphatic rings. The Labute approximate surface area is 66.9 Å². The Morgan fingerprint density at radius 1 is 1.64 bits per heavy atom. The molecule has 1 aromatic heterocycles. The third-order valence-electron chi connectivity index (χ3n) is 1.62. The highest BCUT2D eigenvalue weighted by atomic mass is 16.3. The van der Waals surface area contributed by atoms with Crippen molar-refractivity contribution in [3.05, 3.63) is 30.1 Å². The number of aromatic nitrogens is 1. The number of aliphatic hydroxyl groups excluding tert-OH is 1. The summed E-state index contributed by atoms with van der Waals surface area (Å²) in [5, 5.41) is 8.78. The summed E-state index contributed by atoms with van der Waals surface area (Å²) < 4.78 is 0. The second kappa shape index (κ2) is 4.09. The van der Waals surface area contributed by atoms with E-state index in [4.69, 9.17) is 5.11 Å². The molecular formula is C9H13NO. The first kappa shape index (κ1) is 8.21. The van der Waals surface area contributed by atoms with E-state index in [9.17, 15) is 0 Å². The van der Waals surface area contributed by atoms with Crippen molar-refractivity contribution in [3.63, 3.8) is 0 Å². The van der Waals surface area contributed by atoms with Crippen LogP contribution in [0.5, 0.6) is 0 Å². The van der Waals surface area contributed by atoms with Crippen molar-refractivity contribution in [1.29, 1.82) is 0 Å². The minimum absolute atomic E-state index is 0.245. The van der Waals surface area contributed by atoms with Crippen molar-refractivity contribution < 1.29 is 5.11 Å². The van der Waals surface area contributed by atoms with Crippen LogP contribution >= 0.6 is 0 Å². The van der Waals surface area contributed by atoms with E-state index in [1.165, 1.54) is 5.56 Å². The number of nitrogens with zero attached hydrogens (tertiary/aromatic N) is 1. The largest absolute Gasteiger partial charge is 0.396 e. The molecule has 60 valence electrons. The van der Waals surface area contributed by atoms with Gasteiger partial charge >= 0.3 is 0 Å². The van der Waals surface area contributed by atoms with Gasteiger partial charge in [0.2, 0.25) is 0 Å². The second-order valence-electron chi connectivity index (χ2n) is 2.85. The van der Waals surface area contributed by atoms with Gasteiger partial charge in [-0.3, -0.25) is 4.98 Å². The average molecular weight is 151 g/mol. The quantitative estimate of drug-likeness (QED) is 0.705. The van der Waals surface area contributed by atoms with Gasteiger partial charge in [-0.15, -0.1) is 0 Å². The molecule has 0 amide bonds. The Morgan fingerprint density at radius 2 is 2.45 bits per heavy atom. The van der Waals surface area contributed by atoms with Crippen molar-refractivity contribution in [2.24, 2.45) is 5.92 Å². The van der Waals surface area contributed by atoms with Gasteiger partial charge in [0.05, 0.1) is 0 Å². The maximum Gasteiger partial charge on any atom is 0.0459 e. The van der Waals surface area contributed by atoms with E-state index in [1.54, 1.807) is 6.20 Å². The number of hydrogen-bond acceptors (Lipinski definition) is 2. The number of aliphatic hydroxyl groups is 1. The molecule has 2 heteroatoms. The van der Waals surface area contributed by atoms with E-state index < -0.39 is 0 Å². The molecule has 1 N–H and O–H groups in total. The molecule has 0 saturated heterocycles. The molecule has 0 aliphatic heterocycles. The van der Waals surface area contributed by atoms with Gasteiger partial charge in [-0.2, -0.15) is 0 Å². The third-order valence-corrected chi connectivity index (χ3v) is 1.62. The first-order valence-electron chi connectivity index (χ1n) is 3.82. The highest BCUT2D eigenvalue weighted by molar-refractivity contribution is 5.08. The van der Waals surface area contributed by atoms with Crippen LogP contribution in [0.3, 0.4) is 0 Å². The highest BCUT2D eigenvalue weighted by Crippen LogP contribution is 2.05. The zero-order valence-corrected chi connectivity index (χ0v) is 6.70. The molecule has 0 fully saturated rings. The fourth-order valence-corrected chi connectivity index (χ4v) is 0.986. The normalized spacial score (nSPS) is 12.9. The second-order valence-corrected chi connectivity index (χ2v) is 2.85. The zero-order valence-electron chi connectivity index (χ0n) is 6.70. The Hall–Kier alpha value is -0.890. The molecule has 0 spiro atoms. The first-order chi connectivity index (χ1) is 5.33. The van der Waals surface area contributed by atoms with Crippen molar-refractivity contribution in [3.8, 4) is 0 Å². The van der Waals surface area contributed by atoms with E-state index in [2.05, 4.69) is 4.98 Å². The standard InChI is InChI=1S/C9H13NO/c1-8(7-11)5-9-3-2-4-10-6-9/h2-4,6,8,11H,5,7H2,1H3. The molecule has 1 aromatic rings. The Morgan fingerprint density at radius 3 is 3.00 bits per heavy atom. The van der Waals surface area contributed by atoms with Crippen LogP contribution in [-0.4, -0.2) is 16.7 Å². The molecule has 1 rings (SSSR count). The fourth-order valence-electron chi connectivity index (χ4n) is 0.986. The molecule has 0 aliphatic carbocycles. The number of pyridine rings is 1. The lowest BCUT2D eigenvalue weighted by molar-refractivity contribution is 0.237. The van der Waals surface area contributed by atoms with Gasteiger partial charge in [0.15, 0.2) is 0 Å². The van der Waals surface area contributed by atoms with Crippen LogP contribution in [0.2, 0.25) is 0 Å². The topological polar surface area (TPSA) is 33.1 Å². The number of hydrogen-bond donors (Lipinski definition) is 1. The van der Waals surface area contributed by atoms with Crippen molar-refractivity contribution in [1.82, 2.24) is 4.98 Å². The predicted octanol–water partition coefficient (Wildman–Crippen LogP) is 1.25. The Kier molecular flexibility index (Phi) is 3.05. The zero-order chi connectivity index (χ0) is 8.10. The van der Waals surface area contributed by atoms with E-state index in [0.29, 0.717) is 5.92 Å². The minimum Gasteiger partial charge on any atom is -0.396 e. The maximum absolute atomic E-state index is 8.78. The maximum atomic E-state index is 8.78. The Bertz CT molecular complexity index is 198. The van der Waals surface area contributed by atoms with Crippen LogP contribution in [-0.2, 0) is 6.42 Å². The lowest BCUT2D eigenvalue weighted by Gasteiger charge is -2.05. The van der Waals surface area contributed by atoms with Crippen LogP contribution < -0.4 is 0 Å². The molecule has 0 bridgehead atoms. The summed E-state index contributed by atoms with van der Waals surface area (Å²) in [7, 11) is 0. The fraction of sp³-hybridized carbons (Fsp3) is 0.444. The van der Waals surface area contributed by atoms with E-state index >= 15 is 0 Å². The summed E-state index contributed by atoms with van der Waals surface area (Å²) in [6, 6.07) is 3.94.